The Morgan fingerprint density at radius 3 is 2.33 bits per heavy atom. The van der Waals surface area contributed by atoms with Crippen LogP contribution in [-0.4, -0.2) is 5.11 Å². The molecule has 1 aromatic rings. The number of halogens is 3. The lowest BCUT2D eigenvalue weighted by atomic mass is 10.2. The van der Waals surface area contributed by atoms with E-state index in [1.165, 1.54) is 0 Å². The van der Waals surface area contributed by atoms with Crippen molar-refractivity contribution in [2.75, 3.05) is 0 Å². The van der Waals surface area contributed by atoms with E-state index in [1.807, 2.05) is 6.07 Å². The molecular weight excluding hydrogens is 354 g/mol. The van der Waals surface area contributed by atoms with Crippen LogP contribution in [0, 0.1) is 11.3 Å². The van der Waals surface area contributed by atoms with Gasteiger partial charge < -0.3 is 5.11 Å². The van der Waals surface area contributed by atoms with Gasteiger partial charge in [-0.2, -0.15) is 5.26 Å². The molecule has 5 heteroatoms. The predicted octanol–water partition coefficient (Wildman–Crippen LogP) is 3.55. The summed E-state index contributed by atoms with van der Waals surface area (Å²) >= 11 is 9.44. The van der Waals surface area contributed by atoms with Gasteiger partial charge >= 0.3 is 0 Å². The summed E-state index contributed by atoms with van der Waals surface area (Å²) in [5.41, 5.74) is 0.464. The molecule has 0 heterocycles. The Morgan fingerprint density at radius 1 is 1.25 bits per heavy atom. The van der Waals surface area contributed by atoms with E-state index in [-0.39, 0.29) is 5.75 Å². The third-order valence-corrected chi connectivity index (χ3v) is 3.99. The fraction of sp³-hybridized carbons (Fsp3) is 0. The highest BCUT2D eigenvalue weighted by Gasteiger charge is 2.11. The summed E-state index contributed by atoms with van der Waals surface area (Å²) in [6.07, 6.45) is 0. The number of hydrogen-bond donors (Lipinski definition) is 1. The van der Waals surface area contributed by atoms with E-state index >= 15 is 0 Å². The fourth-order valence-electron chi connectivity index (χ4n) is 0.667. The maximum absolute atomic E-state index is 9.37. The van der Waals surface area contributed by atoms with Crippen LogP contribution in [0.1, 0.15) is 5.56 Å². The van der Waals surface area contributed by atoms with Crippen molar-refractivity contribution in [2.45, 2.75) is 0 Å². The minimum atomic E-state index is 0.0841. The van der Waals surface area contributed by atoms with Gasteiger partial charge in [-0.1, -0.05) is 0 Å². The third-order valence-electron chi connectivity index (χ3n) is 1.25. The zero-order valence-electron chi connectivity index (χ0n) is 5.61. The van der Waals surface area contributed by atoms with Crippen molar-refractivity contribution in [3.05, 3.63) is 25.0 Å². The second kappa shape index (κ2) is 3.77. The highest BCUT2D eigenvalue weighted by molar-refractivity contribution is 9.13. The van der Waals surface area contributed by atoms with Gasteiger partial charge in [0, 0.05) is 0 Å². The van der Waals surface area contributed by atoms with Crippen molar-refractivity contribution in [1.29, 1.82) is 5.26 Å². The average molecular weight is 356 g/mol. The third kappa shape index (κ3) is 1.65. The van der Waals surface area contributed by atoms with Crippen LogP contribution in [0.3, 0.4) is 0 Å². The summed E-state index contributed by atoms with van der Waals surface area (Å²) in [6, 6.07) is 3.53. The molecule has 12 heavy (non-hydrogen) atoms. The van der Waals surface area contributed by atoms with E-state index in [1.54, 1.807) is 6.07 Å². The Kier molecular flexibility index (Phi) is 3.16. The summed E-state index contributed by atoms with van der Waals surface area (Å²) in [5, 5.41) is 18.0. The first-order chi connectivity index (χ1) is 5.57. The lowest BCUT2D eigenvalue weighted by Gasteiger charge is -2.03. The number of phenols is 1. The molecule has 0 amide bonds. The molecule has 0 spiro atoms. The number of nitriles is 1. The number of phenolic OH excluding ortho intramolecular Hbond substituents is 1. The van der Waals surface area contributed by atoms with Crippen LogP contribution in [0.15, 0.2) is 19.5 Å². The Balaban J connectivity index is 3.52. The molecule has 0 bridgehead atoms. The molecule has 1 aromatic carbocycles. The van der Waals surface area contributed by atoms with Gasteiger partial charge in [0.25, 0.3) is 0 Å². The van der Waals surface area contributed by atoms with Crippen LogP contribution in [0.25, 0.3) is 0 Å². The highest BCUT2D eigenvalue weighted by Crippen LogP contribution is 2.39. The first kappa shape index (κ1) is 10.0. The quantitative estimate of drug-likeness (QED) is 0.723. The number of aromatic hydroxyl groups is 1. The monoisotopic (exact) mass is 353 g/mol. The van der Waals surface area contributed by atoms with Crippen molar-refractivity contribution in [3.63, 3.8) is 0 Å². The second-order valence-corrected chi connectivity index (χ2v) is 4.43. The predicted molar refractivity (Wildman–Crippen MR) is 55.9 cm³/mol. The van der Waals surface area contributed by atoms with E-state index in [2.05, 4.69) is 47.8 Å². The van der Waals surface area contributed by atoms with Crippen molar-refractivity contribution >= 4 is 47.8 Å². The van der Waals surface area contributed by atoms with Gasteiger partial charge in [-0.05, 0) is 53.9 Å². The van der Waals surface area contributed by atoms with Crippen LogP contribution in [-0.2, 0) is 0 Å². The molecule has 0 aliphatic heterocycles. The molecule has 1 N–H and O–H groups in total. The van der Waals surface area contributed by atoms with Crippen LogP contribution < -0.4 is 0 Å². The van der Waals surface area contributed by atoms with Gasteiger partial charge in [0.2, 0.25) is 0 Å². The van der Waals surface area contributed by atoms with Gasteiger partial charge in [-0.3, -0.25) is 0 Å². The topological polar surface area (TPSA) is 44.0 Å². The molecule has 0 atom stereocenters. The lowest BCUT2D eigenvalue weighted by molar-refractivity contribution is 0.468. The highest BCUT2D eigenvalue weighted by atomic mass is 79.9. The van der Waals surface area contributed by atoms with E-state index in [0.29, 0.717) is 19.0 Å². The Morgan fingerprint density at radius 2 is 1.83 bits per heavy atom. The van der Waals surface area contributed by atoms with Gasteiger partial charge in [0.15, 0.2) is 0 Å². The van der Waals surface area contributed by atoms with E-state index in [0.717, 1.165) is 0 Å². The summed E-state index contributed by atoms with van der Waals surface area (Å²) in [4.78, 5) is 0. The summed E-state index contributed by atoms with van der Waals surface area (Å²) < 4.78 is 1.54. The molecule has 0 unspecified atom stereocenters. The van der Waals surface area contributed by atoms with Crippen LogP contribution >= 0.6 is 47.8 Å². The van der Waals surface area contributed by atoms with E-state index < -0.39 is 0 Å². The summed E-state index contributed by atoms with van der Waals surface area (Å²) in [5.74, 6) is 0.0841. The molecule has 1 rings (SSSR count). The van der Waals surface area contributed by atoms with Crippen LogP contribution in [0.4, 0.5) is 0 Å². The number of hydrogen-bond acceptors (Lipinski definition) is 2. The summed E-state index contributed by atoms with van der Waals surface area (Å²) in [6.45, 7) is 0. The van der Waals surface area contributed by atoms with Gasteiger partial charge in [-0.15, -0.1) is 0 Å². The standard InChI is InChI=1S/C7H2Br3NO/c8-4-1-3(2-11)5(9)6(10)7(4)12/h1,12H. The SMILES string of the molecule is N#Cc1cc(Br)c(O)c(Br)c1Br. The van der Waals surface area contributed by atoms with E-state index in [4.69, 9.17) is 5.26 Å². The molecule has 0 aliphatic carbocycles. The van der Waals surface area contributed by atoms with Crippen molar-refractivity contribution in [1.82, 2.24) is 0 Å². The molecular formula is C7H2Br3NO. The van der Waals surface area contributed by atoms with Crippen molar-refractivity contribution in [3.8, 4) is 11.8 Å². The first-order valence-corrected chi connectivity index (χ1v) is 5.22. The molecule has 0 saturated heterocycles. The minimum absolute atomic E-state index is 0.0841. The molecule has 2 nitrogen and oxygen atoms in total. The number of benzene rings is 1. The largest absolute Gasteiger partial charge is 0.506 e. The second-order valence-electron chi connectivity index (χ2n) is 1.99. The van der Waals surface area contributed by atoms with E-state index in [9.17, 15) is 5.11 Å². The van der Waals surface area contributed by atoms with Crippen molar-refractivity contribution in [2.24, 2.45) is 0 Å². The molecule has 0 radical (unpaired) electrons. The van der Waals surface area contributed by atoms with Gasteiger partial charge in [0.05, 0.1) is 19.0 Å². The molecule has 0 aromatic heterocycles. The summed E-state index contributed by atoms with van der Waals surface area (Å²) in [7, 11) is 0. The van der Waals surface area contributed by atoms with Crippen LogP contribution in [0.5, 0.6) is 5.75 Å². The van der Waals surface area contributed by atoms with Crippen molar-refractivity contribution < 1.29 is 5.11 Å². The maximum Gasteiger partial charge on any atom is 0.145 e. The number of rotatable bonds is 0. The molecule has 0 saturated carbocycles. The first-order valence-electron chi connectivity index (χ1n) is 2.84. The molecule has 62 valence electrons. The minimum Gasteiger partial charge on any atom is -0.506 e. The smallest absolute Gasteiger partial charge is 0.145 e. The molecule has 0 aliphatic rings. The molecule has 0 fully saturated rings. The normalized spacial score (nSPS) is 9.50. The zero-order chi connectivity index (χ0) is 9.30. The average Bonchev–Trinajstić information content (AvgIpc) is 2.08. The number of nitrogens with zero attached hydrogens (tertiary/aromatic N) is 1. The Labute approximate surface area is 94.6 Å². The Bertz CT molecular complexity index is 370. The van der Waals surface area contributed by atoms with Crippen LogP contribution in [0.2, 0.25) is 0 Å². The lowest BCUT2D eigenvalue weighted by Crippen LogP contribution is -1.81. The Hall–Kier alpha value is -0.0500. The van der Waals surface area contributed by atoms with Gasteiger partial charge in [-0.25, -0.2) is 0 Å². The maximum atomic E-state index is 9.37. The zero-order valence-corrected chi connectivity index (χ0v) is 10.4. The van der Waals surface area contributed by atoms with Gasteiger partial charge in [0.1, 0.15) is 11.8 Å². The fourth-order valence-corrected chi connectivity index (χ4v) is 2.18.